The molecule has 26 heavy (non-hydrogen) atoms. The Balaban J connectivity index is 1.85. The summed E-state index contributed by atoms with van der Waals surface area (Å²) < 4.78 is 11.4. The fourth-order valence-electron chi connectivity index (χ4n) is 3.75. The molecule has 1 heterocycles. The molecular formula is C22H30N2O2. The molecule has 0 saturated heterocycles. The lowest BCUT2D eigenvalue weighted by atomic mass is 9.88. The van der Waals surface area contributed by atoms with Crippen molar-refractivity contribution in [2.24, 2.45) is 0 Å². The summed E-state index contributed by atoms with van der Waals surface area (Å²) >= 11 is 0. The summed E-state index contributed by atoms with van der Waals surface area (Å²) in [7, 11) is 5.86. The van der Waals surface area contributed by atoms with Gasteiger partial charge in [0.15, 0.2) is 0 Å². The largest absolute Gasteiger partial charge is 0.496 e. The van der Waals surface area contributed by atoms with Gasteiger partial charge in [-0.2, -0.15) is 0 Å². The minimum Gasteiger partial charge on any atom is -0.496 e. The lowest BCUT2D eigenvalue weighted by Gasteiger charge is -2.29. The van der Waals surface area contributed by atoms with Gasteiger partial charge in [0.1, 0.15) is 18.1 Å². The van der Waals surface area contributed by atoms with Crippen molar-refractivity contribution in [1.82, 2.24) is 10.2 Å². The number of nitrogens with zero attached hydrogens (tertiary/aromatic N) is 1. The molecule has 2 aromatic carbocycles. The number of hydrogen-bond acceptors (Lipinski definition) is 4. The third-order valence-corrected chi connectivity index (χ3v) is 5.00. The van der Waals surface area contributed by atoms with E-state index in [0.29, 0.717) is 6.61 Å². The van der Waals surface area contributed by atoms with E-state index in [4.69, 9.17) is 9.47 Å². The summed E-state index contributed by atoms with van der Waals surface area (Å²) in [5.41, 5.74) is 6.38. The van der Waals surface area contributed by atoms with Crippen molar-refractivity contribution in [2.75, 3.05) is 40.9 Å². The van der Waals surface area contributed by atoms with E-state index in [2.05, 4.69) is 68.5 Å². The van der Waals surface area contributed by atoms with Gasteiger partial charge in [-0.15, -0.1) is 0 Å². The van der Waals surface area contributed by atoms with Gasteiger partial charge < -0.3 is 19.7 Å². The maximum absolute atomic E-state index is 5.91. The second-order valence-corrected chi connectivity index (χ2v) is 7.34. The van der Waals surface area contributed by atoms with E-state index in [0.717, 1.165) is 31.0 Å². The standard InChI is InChI=1S/C22H30N2O2/c1-15-12-18(13-16(2)22(15)25-5)21-20-7-6-19(26-11-10-24(3)4)14-17(20)8-9-23-21/h6-7,12-14,21,23H,8-11H2,1-5H3. The molecule has 0 aliphatic carbocycles. The van der Waals surface area contributed by atoms with Crippen molar-refractivity contribution in [2.45, 2.75) is 26.3 Å². The van der Waals surface area contributed by atoms with Gasteiger partial charge >= 0.3 is 0 Å². The molecule has 1 atom stereocenters. The molecule has 0 saturated carbocycles. The zero-order valence-corrected chi connectivity index (χ0v) is 16.6. The van der Waals surface area contributed by atoms with E-state index in [1.54, 1.807) is 7.11 Å². The van der Waals surface area contributed by atoms with E-state index >= 15 is 0 Å². The first-order valence-electron chi connectivity index (χ1n) is 9.28. The third-order valence-electron chi connectivity index (χ3n) is 5.00. The number of fused-ring (bicyclic) bond motifs is 1. The topological polar surface area (TPSA) is 33.7 Å². The first-order valence-corrected chi connectivity index (χ1v) is 9.28. The van der Waals surface area contributed by atoms with Gasteiger partial charge in [-0.05, 0) is 74.3 Å². The Labute approximate surface area is 157 Å². The lowest BCUT2D eigenvalue weighted by Crippen LogP contribution is -2.30. The van der Waals surface area contributed by atoms with E-state index in [1.165, 1.54) is 27.8 Å². The molecule has 3 rings (SSSR count). The quantitative estimate of drug-likeness (QED) is 0.861. The van der Waals surface area contributed by atoms with Crippen molar-refractivity contribution < 1.29 is 9.47 Å². The minimum absolute atomic E-state index is 0.220. The summed E-state index contributed by atoms with van der Waals surface area (Å²) in [4.78, 5) is 2.13. The highest BCUT2D eigenvalue weighted by Gasteiger charge is 2.23. The molecule has 4 heteroatoms. The Morgan fingerprint density at radius 1 is 1.12 bits per heavy atom. The number of likely N-dealkylation sites (N-methyl/N-ethyl adjacent to an activating group) is 1. The van der Waals surface area contributed by atoms with Crippen LogP contribution in [-0.4, -0.2) is 45.8 Å². The van der Waals surface area contributed by atoms with Gasteiger partial charge in [-0.3, -0.25) is 0 Å². The highest BCUT2D eigenvalue weighted by Crippen LogP contribution is 2.34. The van der Waals surface area contributed by atoms with Gasteiger partial charge in [0, 0.05) is 13.1 Å². The van der Waals surface area contributed by atoms with Crippen LogP contribution in [-0.2, 0) is 6.42 Å². The summed E-state index contributed by atoms with van der Waals surface area (Å²) in [6.07, 6.45) is 1.03. The van der Waals surface area contributed by atoms with Crippen LogP contribution in [0.5, 0.6) is 11.5 Å². The van der Waals surface area contributed by atoms with Crippen LogP contribution in [0.3, 0.4) is 0 Å². The van der Waals surface area contributed by atoms with Crippen molar-refractivity contribution in [3.8, 4) is 11.5 Å². The molecule has 0 radical (unpaired) electrons. The number of methoxy groups -OCH3 is 1. The first kappa shape index (κ1) is 18.7. The van der Waals surface area contributed by atoms with Crippen molar-refractivity contribution in [1.29, 1.82) is 0 Å². The maximum atomic E-state index is 5.91. The first-order chi connectivity index (χ1) is 12.5. The fraction of sp³-hybridized carbons (Fsp3) is 0.455. The molecule has 1 unspecified atom stereocenters. The van der Waals surface area contributed by atoms with E-state index in [-0.39, 0.29) is 6.04 Å². The molecule has 1 aliphatic heterocycles. The highest BCUT2D eigenvalue weighted by molar-refractivity contribution is 5.49. The van der Waals surface area contributed by atoms with Crippen LogP contribution in [0, 0.1) is 13.8 Å². The maximum Gasteiger partial charge on any atom is 0.124 e. The molecule has 4 nitrogen and oxygen atoms in total. The van der Waals surface area contributed by atoms with Gasteiger partial charge in [0.05, 0.1) is 13.2 Å². The number of ether oxygens (including phenoxy) is 2. The normalized spacial score (nSPS) is 16.5. The lowest BCUT2D eigenvalue weighted by molar-refractivity contribution is 0.261. The highest BCUT2D eigenvalue weighted by atomic mass is 16.5. The SMILES string of the molecule is COc1c(C)cc(C2NCCc3cc(OCCN(C)C)ccc32)cc1C. The summed E-state index contributed by atoms with van der Waals surface area (Å²) in [6.45, 7) is 6.83. The predicted molar refractivity (Wildman–Crippen MR) is 107 cm³/mol. The average Bonchev–Trinajstić information content (AvgIpc) is 2.60. The molecule has 140 valence electrons. The number of rotatable bonds is 6. The third kappa shape index (κ3) is 4.02. The Hall–Kier alpha value is -2.04. The molecule has 0 amide bonds. The van der Waals surface area contributed by atoms with Crippen LogP contribution in [0.25, 0.3) is 0 Å². The van der Waals surface area contributed by atoms with Crippen molar-refractivity contribution in [3.05, 3.63) is 58.1 Å². The fourth-order valence-corrected chi connectivity index (χ4v) is 3.75. The zero-order chi connectivity index (χ0) is 18.7. The Morgan fingerprint density at radius 2 is 1.85 bits per heavy atom. The van der Waals surface area contributed by atoms with Crippen LogP contribution >= 0.6 is 0 Å². The van der Waals surface area contributed by atoms with E-state index in [9.17, 15) is 0 Å². The van der Waals surface area contributed by atoms with Crippen molar-refractivity contribution >= 4 is 0 Å². The summed E-state index contributed by atoms with van der Waals surface area (Å²) in [5.74, 6) is 1.95. The second-order valence-electron chi connectivity index (χ2n) is 7.34. The Kier molecular flexibility index (Phi) is 5.84. The van der Waals surface area contributed by atoms with E-state index in [1.807, 2.05) is 0 Å². The minimum atomic E-state index is 0.220. The molecule has 0 aromatic heterocycles. The van der Waals surface area contributed by atoms with Crippen LogP contribution in [0.2, 0.25) is 0 Å². The number of aryl methyl sites for hydroxylation is 2. The smallest absolute Gasteiger partial charge is 0.124 e. The van der Waals surface area contributed by atoms with Crippen LogP contribution in [0.4, 0.5) is 0 Å². The molecule has 0 fully saturated rings. The summed E-state index contributed by atoms with van der Waals surface area (Å²) in [5, 5.41) is 3.67. The van der Waals surface area contributed by atoms with Gasteiger partial charge in [0.2, 0.25) is 0 Å². The van der Waals surface area contributed by atoms with Gasteiger partial charge in [-0.25, -0.2) is 0 Å². The van der Waals surface area contributed by atoms with Crippen LogP contribution in [0.15, 0.2) is 30.3 Å². The number of benzene rings is 2. The van der Waals surface area contributed by atoms with Crippen LogP contribution < -0.4 is 14.8 Å². The molecule has 1 N–H and O–H groups in total. The molecule has 2 aromatic rings. The molecule has 1 aliphatic rings. The average molecular weight is 354 g/mol. The molecule has 0 spiro atoms. The predicted octanol–water partition coefficient (Wildman–Crippen LogP) is 3.49. The number of nitrogens with one attached hydrogen (secondary N) is 1. The Morgan fingerprint density at radius 3 is 2.50 bits per heavy atom. The van der Waals surface area contributed by atoms with Gasteiger partial charge in [-0.1, -0.05) is 18.2 Å². The second kappa shape index (κ2) is 8.11. The monoisotopic (exact) mass is 354 g/mol. The van der Waals surface area contributed by atoms with Gasteiger partial charge in [0.25, 0.3) is 0 Å². The molecular weight excluding hydrogens is 324 g/mol. The van der Waals surface area contributed by atoms with Crippen LogP contribution in [0.1, 0.15) is 33.9 Å². The van der Waals surface area contributed by atoms with E-state index < -0.39 is 0 Å². The van der Waals surface area contributed by atoms with Crippen molar-refractivity contribution in [3.63, 3.8) is 0 Å². The Bertz CT molecular complexity index is 748. The number of hydrogen-bond donors (Lipinski definition) is 1. The zero-order valence-electron chi connectivity index (χ0n) is 16.6. The molecule has 0 bridgehead atoms. The summed E-state index contributed by atoms with van der Waals surface area (Å²) in [6, 6.07) is 11.2.